The number of aliphatic carboxylic acids is 1. The van der Waals surface area contributed by atoms with Gasteiger partial charge in [0.15, 0.2) is 0 Å². The molecule has 1 aliphatic heterocycles. The molecule has 0 bridgehead atoms. The summed E-state index contributed by atoms with van der Waals surface area (Å²) in [6.07, 6.45) is 7.39. The number of nitrogens with zero attached hydrogens (tertiary/aromatic N) is 3. The molecule has 9 heteroatoms. The monoisotopic (exact) mass is 391 g/mol. The first kappa shape index (κ1) is 21.7. The van der Waals surface area contributed by atoms with Crippen LogP contribution in [-0.2, 0) is 23.0 Å². The van der Waals surface area contributed by atoms with E-state index in [9.17, 15) is 13.2 Å². The van der Waals surface area contributed by atoms with Crippen LogP contribution < -0.4 is 0 Å². The van der Waals surface area contributed by atoms with Gasteiger partial charge >= 0.3 is 12.1 Å². The van der Waals surface area contributed by atoms with E-state index < -0.39 is 12.1 Å². The van der Waals surface area contributed by atoms with Crippen molar-refractivity contribution in [1.82, 2.24) is 14.7 Å². The van der Waals surface area contributed by atoms with Crippen molar-refractivity contribution >= 4 is 5.97 Å². The van der Waals surface area contributed by atoms with Crippen molar-refractivity contribution in [2.24, 2.45) is 13.0 Å². The Hall–Kier alpha value is -1.61. The Morgan fingerprint density at radius 3 is 2.44 bits per heavy atom. The molecule has 0 amide bonds. The molecule has 2 heterocycles. The van der Waals surface area contributed by atoms with E-state index in [1.165, 1.54) is 50.8 Å². The first-order valence-electron chi connectivity index (χ1n) is 9.25. The predicted molar refractivity (Wildman–Crippen MR) is 93.3 cm³/mol. The molecule has 1 aromatic rings. The summed E-state index contributed by atoms with van der Waals surface area (Å²) in [5, 5.41) is 11.4. The predicted octanol–water partition coefficient (Wildman–Crippen LogP) is 2.88. The summed E-state index contributed by atoms with van der Waals surface area (Å²) in [6, 6.07) is 0.532. The van der Waals surface area contributed by atoms with Gasteiger partial charge in [0.2, 0.25) is 0 Å². The molecule has 0 spiro atoms. The topological polar surface area (TPSA) is 67.6 Å². The lowest BCUT2D eigenvalue weighted by atomic mass is 10.0. The highest BCUT2D eigenvalue weighted by molar-refractivity contribution is 5.73. The van der Waals surface area contributed by atoms with Crippen LogP contribution in [0.5, 0.6) is 0 Å². The Labute approximate surface area is 157 Å². The summed E-state index contributed by atoms with van der Waals surface area (Å²) in [5.74, 6) is -1.84. The Morgan fingerprint density at radius 1 is 1.33 bits per heavy atom. The van der Waals surface area contributed by atoms with Gasteiger partial charge < -0.3 is 9.84 Å². The largest absolute Gasteiger partial charge is 0.490 e. The fourth-order valence-electron chi connectivity index (χ4n) is 3.99. The Morgan fingerprint density at radius 2 is 1.96 bits per heavy atom. The normalized spacial score (nSPS) is 24.0. The molecular weight excluding hydrogens is 363 g/mol. The number of methoxy groups -OCH3 is 1. The molecule has 2 aliphatic rings. The van der Waals surface area contributed by atoms with Gasteiger partial charge in [0.25, 0.3) is 0 Å². The van der Waals surface area contributed by atoms with Crippen molar-refractivity contribution in [1.29, 1.82) is 0 Å². The minimum Gasteiger partial charge on any atom is -0.475 e. The zero-order chi connectivity index (χ0) is 20.0. The minimum atomic E-state index is -5.08. The van der Waals surface area contributed by atoms with Gasteiger partial charge in [-0.1, -0.05) is 12.8 Å². The maximum absolute atomic E-state index is 10.6. The van der Waals surface area contributed by atoms with Crippen molar-refractivity contribution < 1.29 is 27.8 Å². The molecule has 0 unspecified atom stereocenters. The molecule has 1 aromatic heterocycles. The van der Waals surface area contributed by atoms with E-state index in [1.54, 1.807) is 0 Å². The van der Waals surface area contributed by atoms with Crippen LogP contribution in [-0.4, -0.2) is 64.3 Å². The van der Waals surface area contributed by atoms with Gasteiger partial charge in [0.05, 0.1) is 12.3 Å². The SMILES string of the molecule is CO[C@H]1CCN(CC2CCCC2)[C@H]1Cc1cnn(C)c1.O=C(O)C(F)(F)F. The number of aromatic nitrogens is 2. The number of hydrogen-bond acceptors (Lipinski definition) is 4. The number of ether oxygens (including phenoxy) is 1. The van der Waals surface area contributed by atoms with Crippen LogP contribution in [0.1, 0.15) is 37.7 Å². The molecule has 1 saturated heterocycles. The van der Waals surface area contributed by atoms with E-state index in [0.29, 0.717) is 12.1 Å². The summed E-state index contributed by atoms with van der Waals surface area (Å²) in [7, 11) is 3.85. The van der Waals surface area contributed by atoms with E-state index in [2.05, 4.69) is 16.2 Å². The number of hydrogen-bond donors (Lipinski definition) is 1. The van der Waals surface area contributed by atoms with E-state index in [4.69, 9.17) is 14.6 Å². The average molecular weight is 391 g/mol. The van der Waals surface area contributed by atoms with Gasteiger partial charge in [-0.15, -0.1) is 0 Å². The van der Waals surface area contributed by atoms with E-state index in [1.807, 2.05) is 25.0 Å². The van der Waals surface area contributed by atoms with Crippen LogP contribution >= 0.6 is 0 Å². The molecule has 27 heavy (non-hydrogen) atoms. The Kier molecular flexibility index (Phi) is 7.67. The van der Waals surface area contributed by atoms with Crippen LogP contribution in [0, 0.1) is 5.92 Å². The highest BCUT2D eigenvalue weighted by atomic mass is 19.4. The number of alkyl halides is 3. The lowest BCUT2D eigenvalue weighted by Crippen LogP contribution is -2.40. The molecule has 6 nitrogen and oxygen atoms in total. The number of aryl methyl sites for hydroxylation is 1. The number of carboxylic acid groups (broad SMARTS) is 1. The molecule has 154 valence electrons. The van der Waals surface area contributed by atoms with E-state index in [-0.39, 0.29) is 0 Å². The van der Waals surface area contributed by atoms with Crippen LogP contribution in [0.4, 0.5) is 13.2 Å². The summed E-state index contributed by atoms with van der Waals surface area (Å²) < 4.78 is 39.4. The van der Waals surface area contributed by atoms with Gasteiger partial charge in [-0.25, -0.2) is 4.79 Å². The molecule has 2 fully saturated rings. The zero-order valence-corrected chi connectivity index (χ0v) is 15.8. The smallest absolute Gasteiger partial charge is 0.475 e. The molecular formula is C18H28F3N3O3. The van der Waals surface area contributed by atoms with E-state index >= 15 is 0 Å². The maximum Gasteiger partial charge on any atom is 0.490 e. The molecule has 1 aliphatic carbocycles. The van der Waals surface area contributed by atoms with Crippen molar-refractivity contribution in [3.8, 4) is 0 Å². The number of likely N-dealkylation sites (tertiary alicyclic amines) is 1. The van der Waals surface area contributed by atoms with Gasteiger partial charge in [-0.3, -0.25) is 9.58 Å². The second-order valence-corrected chi connectivity index (χ2v) is 7.30. The molecule has 3 rings (SSSR count). The Balaban J connectivity index is 0.000000321. The Bertz CT molecular complexity index is 600. The molecule has 1 saturated carbocycles. The van der Waals surface area contributed by atoms with Crippen molar-refractivity contribution in [2.75, 3.05) is 20.2 Å². The first-order chi connectivity index (χ1) is 12.7. The third kappa shape index (κ3) is 6.49. The third-order valence-electron chi connectivity index (χ3n) is 5.31. The lowest BCUT2D eigenvalue weighted by Gasteiger charge is -2.29. The van der Waals surface area contributed by atoms with Gasteiger partial charge in [-0.2, -0.15) is 18.3 Å². The molecule has 2 atom stereocenters. The average Bonchev–Trinajstić information content (AvgIpc) is 3.31. The summed E-state index contributed by atoms with van der Waals surface area (Å²) in [5.41, 5.74) is 1.33. The van der Waals surface area contributed by atoms with Crippen LogP contribution in [0.3, 0.4) is 0 Å². The second-order valence-electron chi connectivity index (χ2n) is 7.30. The first-order valence-corrected chi connectivity index (χ1v) is 9.25. The quantitative estimate of drug-likeness (QED) is 0.836. The van der Waals surface area contributed by atoms with Crippen LogP contribution in [0.15, 0.2) is 12.4 Å². The summed E-state index contributed by atoms with van der Waals surface area (Å²) >= 11 is 0. The van der Waals surface area contributed by atoms with Crippen LogP contribution in [0.2, 0.25) is 0 Å². The lowest BCUT2D eigenvalue weighted by molar-refractivity contribution is -0.192. The van der Waals surface area contributed by atoms with Gasteiger partial charge in [-0.05, 0) is 37.2 Å². The molecule has 0 radical (unpaired) electrons. The summed E-state index contributed by atoms with van der Waals surface area (Å²) in [4.78, 5) is 11.6. The minimum absolute atomic E-state index is 0.386. The zero-order valence-electron chi connectivity index (χ0n) is 15.8. The summed E-state index contributed by atoms with van der Waals surface area (Å²) in [6.45, 7) is 2.46. The highest BCUT2D eigenvalue weighted by Gasteiger charge is 2.38. The molecule has 0 aromatic carbocycles. The maximum atomic E-state index is 10.6. The fraction of sp³-hybridized carbons (Fsp3) is 0.778. The number of rotatable bonds is 5. The standard InChI is InChI=1S/C16H27N3O.C2HF3O2/c1-18-11-14(10-17-18)9-15-16(20-2)7-8-19(15)12-13-5-3-4-6-13;3-2(4,5)1(6)7/h10-11,13,15-16H,3-9,12H2,1-2H3;(H,6,7)/t15-,16-;/m0./s1. The fourth-order valence-corrected chi connectivity index (χ4v) is 3.99. The van der Waals surface area contributed by atoms with Crippen molar-refractivity contribution in [3.05, 3.63) is 18.0 Å². The van der Waals surface area contributed by atoms with E-state index in [0.717, 1.165) is 12.3 Å². The third-order valence-corrected chi connectivity index (χ3v) is 5.31. The molecule has 1 N–H and O–H groups in total. The van der Waals surface area contributed by atoms with Crippen molar-refractivity contribution in [3.63, 3.8) is 0 Å². The van der Waals surface area contributed by atoms with Gasteiger partial charge in [0, 0.05) is 39.5 Å². The van der Waals surface area contributed by atoms with Gasteiger partial charge in [0.1, 0.15) is 0 Å². The number of halogens is 3. The van der Waals surface area contributed by atoms with Crippen LogP contribution in [0.25, 0.3) is 0 Å². The van der Waals surface area contributed by atoms with Crippen molar-refractivity contribution in [2.45, 2.75) is 56.8 Å². The second kappa shape index (κ2) is 9.54. The number of carbonyl (C=O) groups is 1. The highest BCUT2D eigenvalue weighted by Crippen LogP contribution is 2.30. The number of carboxylic acids is 1.